The Morgan fingerprint density at radius 1 is 1.38 bits per heavy atom. The van der Waals surface area contributed by atoms with E-state index in [2.05, 4.69) is 0 Å². The Balaban J connectivity index is 1.88. The minimum absolute atomic E-state index is 0.408. The number of carboxylic acid groups (broad SMARTS) is 1. The Bertz CT molecular complexity index is 477. The van der Waals surface area contributed by atoms with Gasteiger partial charge in [0.2, 0.25) is 0 Å². The Morgan fingerprint density at radius 3 is 2.86 bits per heavy atom. The van der Waals surface area contributed by atoms with Crippen LogP contribution in [0.4, 0.5) is 0 Å². The molecule has 0 spiro atoms. The molecule has 1 unspecified atom stereocenters. The fourth-order valence-electron chi connectivity index (χ4n) is 2.00. The molecule has 1 atom stereocenters. The first-order valence-electron chi connectivity index (χ1n) is 7.07. The Morgan fingerprint density at radius 2 is 2.14 bits per heavy atom. The molecule has 1 N–H and O–H groups in total. The molecule has 0 amide bonds. The monoisotopic (exact) mass is 312 g/mol. The fraction of sp³-hybridized carbons (Fsp3) is 0.533. The number of benzene rings is 1. The SMILES string of the molecule is CCOC(CCSc1ccc2c(c1)OCCCO2)C(=O)O. The van der Waals surface area contributed by atoms with Gasteiger partial charge in [-0.1, -0.05) is 0 Å². The number of hydrogen-bond donors (Lipinski definition) is 1. The van der Waals surface area contributed by atoms with Gasteiger partial charge in [0.15, 0.2) is 17.6 Å². The summed E-state index contributed by atoms with van der Waals surface area (Å²) in [6.45, 7) is 3.54. The largest absolute Gasteiger partial charge is 0.490 e. The lowest BCUT2D eigenvalue weighted by Crippen LogP contribution is -2.24. The summed E-state index contributed by atoms with van der Waals surface area (Å²) in [4.78, 5) is 12.0. The molecule has 1 aromatic rings. The normalized spacial score (nSPS) is 15.3. The molecule has 21 heavy (non-hydrogen) atoms. The third-order valence-corrected chi connectivity index (χ3v) is 4.04. The Hall–Kier alpha value is -1.40. The summed E-state index contributed by atoms with van der Waals surface area (Å²) >= 11 is 1.59. The van der Waals surface area contributed by atoms with Crippen LogP contribution in [0.15, 0.2) is 23.1 Å². The van der Waals surface area contributed by atoms with E-state index < -0.39 is 12.1 Å². The second-order valence-corrected chi connectivity index (χ2v) is 5.75. The molecular formula is C15H20O5S. The van der Waals surface area contributed by atoms with Crippen molar-refractivity contribution in [3.63, 3.8) is 0 Å². The molecule has 1 aromatic carbocycles. The molecular weight excluding hydrogens is 292 g/mol. The smallest absolute Gasteiger partial charge is 0.332 e. The first-order chi connectivity index (χ1) is 10.2. The van der Waals surface area contributed by atoms with E-state index in [9.17, 15) is 4.79 Å². The quantitative estimate of drug-likeness (QED) is 0.781. The van der Waals surface area contributed by atoms with Crippen molar-refractivity contribution in [3.8, 4) is 11.5 Å². The standard InChI is InChI=1S/C15H20O5S/c1-2-18-13(15(16)17)6-9-21-11-4-5-12-14(10-11)20-8-3-7-19-12/h4-5,10,13H,2-3,6-9H2,1H3,(H,16,17). The van der Waals surface area contributed by atoms with Crippen LogP contribution in [0.1, 0.15) is 19.8 Å². The van der Waals surface area contributed by atoms with Gasteiger partial charge in [-0.25, -0.2) is 4.79 Å². The molecule has 0 aliphatic carbocycles. The van der Waals surface area contributed by atoms with Crippen molar-refractivity contribution in [2.75, 3.05) is 25.6 Å². The molecule has 1 aliphatic rings. The highest BCUT2D eigenvalue weighted by molar-refractivity contribution is 7.99. The first-order valence-corrected chi connectivity index (χ1v) is 8.06. The molecule has 0 bridgehead atoms. The molecule has 0 aromatic heterocycles. The second-order valence-electron chi connectivity index (χ2n) is 4.58. The zero-order chi connectivity index (χ0) is 15.1. The average molecular weight is 312 g/mol. The molecule has 0 radical (unpaired) electrons. The lowest BCUT2D eigenvalue weighted by atomic mass is 10.3. The highest BCUT2D eigenvalue weighted by Crippen LogP contribution is 2.34. The maximum atomic E-state index is 11.0. The minimum Gasteiger partial charge on any atom is -0.490 e. The van der Waals surface area contributed by atoms with E-state index in [0.717, 1.165) is 22.8 Å². The third kappa shape index (κ3) is 4.82. The van der Waals surface area contributed by atoms with Gasteiger partial charge >= 0.3 is 5.97 Å². The summed E-state index contributed by atoms with van der Waals surface area (Å²) in [7, 11) is 0. The van der Waals surface area contributed by atoms with Crippen LogP contribution in [0.5, 0.6) is 11.5 Å². The van der Waals surface area contributed by atoms with Gasteiger partial charge in [0.05, 0.1) is 13.2 Å². The van der Waals surface area contributed by atoms with Crippen LogP contribution in [0.2, 0.25) is 0 Å². The van der Waals surface area contributed by atoms with Crippen LogP contribution in [-0.4, -0.2) is 42.8 Å². The van der Waals surface area contributed by atoms with Crippen molar-refractivity contribution in [1.29, 1.82) is 0 Å². The average Bonchev–Trinajstić information content (AvgIpc) is 2.71. The lowest BCUT2D eigenvalue weighted by Gasteiger charge is -2.12. The van der Waals surface area contributed by atoms with Gasteiger partial charge in [-0.2, -0.15) is 0 Å². The molecule has 1 aliphatic heterocycles. The predicted octanol–water partition coefficient (Wildman–Crippen LogP) is 2.82. The summed E-state index contributed by atoms with van der Waals surface area (Å²) < 4.78 is 16.4. The summed E-state index contributed by atoms with van der Waals surface area (Å²) in [5.41, 5.74) is 0. The number of fused-ring (bicyclic) bond motifs is 1. The number of aliphatic carboxylic acids is 1. The van der Waals surface area contributed by atoms with Crippen molar-refractivity contribution < 1.29 is 24.1 Å². The fourth-order valence-corrected chi connectivity index (χ4v) is 2.92. The van der Waals surface area contributed by atoms with Gasteiger partial charge < -0.3 is 19.3 Å². The molecule has 0 fully saturated rings. The molecule has 116 valence electrons. The van der Waals surface area contributed by atoms with Crippen LogP contribution >= 0.6 is 11.8 Å². The zero-order valence-corrected chi connectivity index (χ0v) is 12.9. The van der Waals surface area contributed by atoms with Crippen LogP contribution < -0.4 is 9.47 Å². The van der Waals surface area contributed by atoms with E-state index in [1.807, 2.05) is 18.2 Å². The number of thioether (sulfide) groups is 1. The molecule has 5 nitrogen and oxygen atoms in total. The molecule has 6 heteroatoms. The van der Waals surface area contributed by atoms with E-state index in [1.165, 1.54) is 0 Å². The Labute approximate surface area is 128 Å². The van der Waals surface area contributed by atoms with Crippen molar-refractivity contribution in [3.05, 3.63) is 18.2 Å². The lowest BCUT2D eigenvalue weighted by molar-refractivity contribution is -0.150. The van der Waals surface area contributed by atoms with E-state index in [4.69, 9.17) is 19.3 Å². The topological polar surface area (TPSA) is 65.0 Å². The number of rotatable bonds is 7. The maximum absolute atomic E-state index is 11.0. The highest BCUT2D eigenvalue weighted by Gasteiger charge is 2.17. The van der Waals surface area contributed by atoms with E-state index >= 15 is 0 Å². The van der Waals surface area contributed by atoms with E-state index in [-0.39, 0.29) is 0 Å². The maximum Gasteiger partial charge on any atom is 0.332 e. The van der Waals surface area contributed by atoms with Gasteiger partial charge in [-0.05, 0) is 31.5 Å². The van der Waals surface area contributed by atoms with Crippen molar-refractivity contribution in [2.45, 2.75) is 30.8 Å². The summed E-state index contributed by atoms with van der Waals surface area (Å²) in [5.74, 6) is 1.30. The van der Waals surface area contributed by atoms with Crippen LogP contribution in [-0.2, 0) is 9.53 Å². The van der Waals surface area contributed by atoms with Crippen molar-refractivity contribution >= 4 is 17.7 Å². The van der Waals surface area contributed by atoms with Gasteiger partial charge in [0, 0.05) is 23.7 Å². The zero-order valence-electron chi connectivity index (χ0n) is 12.0. The third-order valence-electron chi connectivity index (χ3n) is 3.01. The molecule has 1 heterocycles. The molecule has 2 rings (SSSR count). The Kier molecular flexibility index (Phi) is 6.20. The predicted molar refractivity (Wildman–Crippen MR) is 80.4 cm³/mol. The highest BCUT2D eigenvalue weighted by atomic mass is 32.2. The number of carboxylic acids is 1. The van der Waals surface area contributed by atoms with Crippen LogP contribution in [0.25, 0.3) is 0 Å². The van der Waals surface area contributed by atoms with Gasteiger partial charge in [0.1, 0.15) is 0 Å². The van der Waals surface area contributed by atoms with Crippen LogP contribution in [0.3, 0.4) is 0 Å². The summed E-state index contributed by atoms with van der Waals surface area (Å²) in [6.07, 6.45) is 0.622. The summed E-state index contributed by atoms with van der Waals surface area (Å²) in [6, 6.07) is 5.82. The van der Waals surface area contributed by atoms with E-state index in [0.29, 0.717) is 32.0 Å². The van der Waals surface area contributed by atoms with Gasteiger partial charge in [0.25, 0.3) is 0 Å². The van der Waals surface area contributed by atoms with Gasteiger partial charge in [-0.15, -0.1) is 11.8 Å². The molecule has 0 saturated carbocycles. The first kappa shape index (κ1) is 16.0. The van der Waals surface area contributed by atoms with Crippen molar-refractivity contribution in [1.82, 2.24) is 0 Å². The van der Waals surface area contributed by atoms with E-state index in [1.54, 1.807) is 18.7 Å². The molecule has 0 saturated heterocycles. The number of carbonyl (C=O) groups is 1. The van der Waals surface area contributed by atoms with Gasteiger partial charge in [-0.3, -0.25) is 0 Å². The van der Waals surface area contributed by atoms with Crippen LogP contribution in [0, 0.1) is 0 Å². The number of ether oxygens (including phenoxy) is 3. The second kappa shape index (κ2) is 8.14. The number of hydrogen-bond acceptors (Lipinski definition) is 5. The minimum atomic E-state index is -0.906. The summed E-state index contributed by atoms with van der Waals surface area (Å²) in [5, 5.41) is 9.02. The van der Waals surface area contributed by atoms with Crippen molar-refractivity contribution in [2.24, 2.45) is 0 Å².